The summed E-state index contributed by atoms with van der Waals surface area (Å²) in [5.74, 6) is -0.349. The van der Waals surface area contributed by atoms with Crippen molar-refractivity contribution in [3.05, 3.63) is 34.9 Å². The molecule has 1 aromatic carbocycles. The summed E-state index contributed by atoms with van der Waals surface area (Å²) >= 11 is 0. The number of hydrogen-bond acceptors (Lipinski definition) is 4. The van der Waals surface area contributed by atoms with E-state index in [2.05, 4.69) is 0 Å². The molecule has 0 unspecified atom stereocenters. The summed E-state index contributed by atoms with van der Waals surface area (Å²) < 4.78 is 27.9. The molecule has 0 saturated heterocycles. The minimum Gasteiger partial charge on any atom is -0.466 e. The molecule has 5 heteroatoms. The van der Waals surface area contributed by atoms with Crippen LogP contribution in [0.25, 0.3) is 6.08 Å². The maximum absolute atomic E-state index is 11.6. The molecule has 0 fully saturated rings. The molecule has 0 amide bonds. The molecule has 2 rings (SSSR count). The number of benzene rings is 1. The molecule has 0 aromatic heterocycles. The van der Waals surface area contributed by atoms with Gasteiger partial charge in [-0.1, -0.05) is 6.07 Å². The third-order valence-corrected chi connectivity index (χ3v) is 4.33. The smallest absolute Gasteiger partial charge is 0.333 e. The van der Waals surface area contributed by atoms with Crippen LogP contribution < -0.4 is 0 Å². The van der Waals surface area contributed by atoms with Gasteiger partial charge in [0, 0.05) is 11.8 Å². The van der Waals surface area contributed by atoms with Crippen LogP contribution in [0, 0.1) is 0 Å². The molecule has 1 aromatic rings. The molecule has 0 radical (unpaired) electrons. The largest absolute Gasteiger partial charge is 0.466 e. The van der Waals surface area contributed by atoms with E-state index in [1.807, 2.05) is 6.07 Å². The monoisotopic (exact) mass is 280 g/mol. The molecule has 0 N–H and O–H groups in total. The third-order valence-electron chi connectivity index (χ3n) is 3.22. The highest BCUT2D eigenvalue weighted by molar-refractivity contribution is 7.90. The quantitative estimate of drug-likeness (QED) is 0.777. The second-order valence-corrected chi connectivity index (χ2v) is 6.66. The van der Waals surface area contributed by atoms with Gasteiger partial charge in [-0.15, -0.1) is 0 Å². The highest BCUT2D eigenvalue weighted by Gasteiger charge is 2.16. The summed E-state index contributed by atoms with van der Waals surface area (Å²) in [6.07, 6.45) is 5.25. The highest BCUT2D eigenvalue weighted by Crippen LogP contribution is 2.26. The zero-order valence-electron chi connectivity index (χ0n) is 11.0. The van der Waals surface area contributed by atoms with Gasteiger partial charge in [-0.05, 0) is 48.6 Å². The van der Waals surface area contributed by atoms with E-state index in [4.69, 9.17) is 4.74 Å². The predicted octanol–water partition coefficient (Wildman–Crippen LogP) is 1.98. The van der Waals surface area contributed by atoms with Gasteiger partial charge in [-0.3, -0.25) is 0 Å². The zero-order valence-corrected chi connectivity index (χ0v) is 11.8. The second kappa shape index (κ2) is 5.17. The standard InChI is InChI=1S/C14H16O4S/c1-18-14(15)11-5-3-4-10-6-7-13(19(2,16)17)9-12(10)8-11/h6-9H,3-5H2,1-2H3. The molecule has 19 heavy (non-hydrogen) atoms. The zero-order chi connectivity index (χ0) is 14.0. The van der Waals surface area contributed by atoms with Crippen molar-refractivity contribution in [1.29, 1.82) is 0 Å². The van der Waals surface area contributed by atoms with Crippen molar-refractivity contribution in [1.82, 2.24) is 0 Å². The van der Waals surface area contributed by atoms with Crippen LogP contribution in [0.5, 0.6) is 0 Å². The lowest BCUT2D eigenvalue weighted by atomic mass is 10.0. The fraction of sp³-hybridized carbons (Fsp3) is 0.357. The summed E-state index contributed by atoms with van der Waals surface area (Å²) in [6, 6.07) is 5.06. The number of ether oxygens (including phenoxy) is 1. The van der Waals surface area contributed by atoms with Crippen LogP contribution in [0.2, 0.25) is 0 Å². The van der Waals surface area contributed by atoms with E-state index < -0.39 is 9.84 Å². The first-order chi connectivity index (χ1) is 8.91. The predicted molar refractivity (Wildman–Crippen MR) is 72.5 cm³/mol. The third kappa shape index (κ3) is 3.04. The first-order valence-electron chi connectivity index (χ1n) is 6.03. The highest BCUT2D eigenvalue weighted by atomic mass is 32.2. The van der Waals surface area contributed by atoms with E-state index in [9.17, 15) is 13.2 Å². The average molecular weight is 280 g/mol. The van der Waals surface area contributed by atoms with Gasteiger partial charge >= 0.3 is 5.97 Å². The average Bonchev–Trinajstić information content (AvgIpc) is 2.57. The van der Waals surface area contributed by atoms with Gasteiger partial charge in [0.2, 0.25) is 0 Å². The summed E-state index contributed by atoms with van der Waals surface area (Å²) in [4.78, 5) is 11.9. The minimum absolute atomic E-state index is 0.272. The molecule has 0 saturated carbocycles. The summed E-state index contributed by atoms with van der Waals surface area (Å²) in [5, 5.41) is 0. The molecular weight excluding hydrogens is 264 g/mol. The molecule has 1 aliphatic rings. The van der Waals surface area contributed by atoms with Crippen molar-refractivity contribution in [2.75, 3.05) is 13.4 Å². The summed E-state index contributed by atoms with van der Waals surface area (Å²) in [6.45, 7) is 0. The van der Waals surface area contributed by atoms with Gasteiger partial charge in [0.15, 0.2) is 9.84 Å². The molecular formula is C14H16O4S. The number of carbonyl (C=O) groups is 1. The van der Waals surface area contributed by atoms with Gasteiger partial charge in [-0.2, -0.15) is 0 Å². The molecule has 0 spiro atoms. The number of fused-ring (bicyclic) bond motifs is 1. The van der Waals surface area contributed by atoms with Crippen LogP contribution in [0.15, 0.2) is 28.7 Å². The molecule has 1 aliphatic carbocycles. The van der Waals surface area contributed by atoms with Crippen molar-refractivity contribution in [2.45, 2.75) is 24.2 Å². The number of carbonyl (C=O) groups excluding carboxylic acids is 1. The summed E-state index contributed by atoms with van der Waals surface area (Å²) in [5.41, 5.74) is 2.44. The lowest BCUT2D eigenvalue weighted by Crippen LogP contribution is -2.04. The van der Waals surface area contributed by atoms with Crippen molar-refractivity contribution in [3.8, 4) is 0 Å². The normalized spacial score (nSPS) is 15.2. The van der Waals surface area contributed by atoms with Gasteiger partial charge in [-0.25, -0.2) is 13.2 Å². The van der Waals surface area contributed by atoms with Crippen LogP contribution in [0.4, 0.5) is 0 Å². The Balaban J connectivity index is 2.52. The Morgan fingerprint density at radius 1 is 1.26 bits per heavy atom. The maximum Gasteiger partial charge on any atom is 0.333 e. The van der Waals surface area contributed by atoms with Gasteiger partial charge in [0.1, 0.15) is 0 Å². The lowest BCUT2D eigenvalue weighted by Gasteiger charge is -2.06. The van der Waals surface area contributed by atoms with E-state index in [-0.39, 0.29) is 10.9 Å². The summed E-state index contributed by atoms with van der Waals surface area (Å²) in [7, 11) is -1.89. The van der Waals surface area contributed by atoms with Crippen LogP contribution >= 0.6 is 0 Å². The van der Waals surface area contributed by atoms with Gasteiger partial charge < -0.3 is 4.74 Å². The number of hydrogen-bond donors (Lipinski definition) is 0. The van der Waals surface area contributed by atoms with E-state index >= 15 is 0 Å². The number of esters is 1. The first kappa shape index (κ1) is 13.8. The Morgan fingerprint density at radius 3 is 2.63 bits per heavy atom. The van der Waals surface area contributed by atoms with E-state index in [1.54, 1.807) is 18.2 Å². The Hall–Kier alpha value is -1.62. The van der Waals surface area contributed by atoms with Crippen LogP contribution in [0.1, 0.15) is 24.0 Å². The number of sulfone groups is 1. The van der Waals surface area contributed by atoms with E-state index in [0.717, 1.165) is 24.0 Å². The maximum atomic E-state index is 11.6. The molecule has 0 atom stereocenters. The van der Waals surface area contributed by atoms with Crippen molar-refractivity contribution < 1.29 is 17.9 Å². The number of rotatable bonds is 2. The molecule has 102 valence electrons. The Morgan fingerprint density at radius 2 is 2.00 bits per heavy atom. The van der Waals surface area contributed by atoms with Crippen molar-refractivity contribution in [2.24, 2.45) is 0 Å². The number of methoxy groups -OCH3 is 1. The fourth-order valence-corrected chi connectivity index (χ4v) is 2.84. The molecule has 0 aliphatic heterocycles. The van der Waals surface area contributed by atoms with Gasteiger partial charge in [0.25, 0.3) is 0 Å². The SMILES string of the molecule is COC(=O)C1=Cc2cc(S(C)(=O)=O)ccc2CCC1. The molecule has 0 heterocycles. The van der Waals surface area contributed by atoms with Crippen molar-refractivity contribution >= 4 is 21.9 Å². The second-order valence-electron chi connectivity index (χ2n) is 4.65. The Kier molecular flexibility index (Phi) is 3.75. The molecule has 0 bridgehead atoms. The topological polar surface area (TPSA) is 60.4 Å². The van der Waals surface area contributed by atoms with Gasteiger partial charge in [0.05, 0.1) is 12.0 Å². The Bertz CT molecular complexity index is 641. The lowest BCUT2D eigenvalue weighted by molar-refractivity contribution is -0.136. The van der Waals surface area contributed by atoms with E-state index in [0.29, 0.717) is 12.0 Å². The fourth-order valence-electron chi connectivity index (χ4n) is 2.19. The Labute approximate surface area is 113 Å². The minimum atomic E-state index is -3.24. The van der Waals surface area contributed by atoms with Crippen LogP contribution in [-0.2, 0) is 25.8 Å². The van der Waals surface area contributed by atoms with E-state index in [1.165, 1.54) is 13.4 Å². The number of aryl methyl sites for hydroxylation is 1. The van der Waals surface area contributed by atoms with Crippen molar-refractivity contribution in [3.63, 3.8) is 0 Å². The molecule has 4 nitrogen and oxygen atoms in total. The van der Waals surface area contributed by atoms with Crippen LogP contribution in [0.3, 0.4) is 0 Å². The van der Waals surface area contributed by atoms with Crippen LogP contribution in [-0.4, -0.2) is 27.8 Å². The first-order valence-corrected chi connectivity index (χ1v) is 7.93.